The number of anilines is 5. The van der Waals surface area contributed by atoms with Gasteiger partial charge in [0.05, 0.1) is 36.5 Å². The number of carbonyl (C=O) groups excluding carboxylic acids is 3. The molecule has 9 rings (SSSR count). The number of piperazine rings is 1. The molecule has 1 atom stereocenters. The first-order valence-corrected chi connectivity index (χ1v) is 19.5. The Morgan fingerprint density at radius 3 is 2.59 bits per heavy atom. The molecule has 4 aromatic rings. The molecule has 0 spiro atoms. The van der Waals surface area contributed by atoms with Crippen LogP contribution in [0.25, 0.3) is 0 Å². The minimum absolute atomic E-state index is 0.00192. The van der Waals surface area contributed by atoms with E-state index in [0.717, 1.165) is 85.1 Å². The lowest BCUT2D eigenvalue weighted by Gasteiger charge is -2.49. The number of pyridine rings is 1. The van der Waals surface area contributed by atoms with Gasteiger partial charge in [0.1, 0.15) is 18.1 Å². The average Bonchev–Trinajstić information content (AvgIpc) is 3.19. The van der Waals surface area contributed by atoms with Crippen molar-refractivity contribution in [3.8, 4) is 5.88 Å². The van der Waals surface area contributed by atoms with E-state index in [1.165, 1.54) is 6.07 Å². The number of rotatable bonds is 8. The van der Waals surface area contributed by atoms with Gasteiger partial charge in [-0.15, -0.1) is 0 Å². The van der Waals surface area contributed by atoms with Crippen LogP contribution in [0.4, 0.5) is 33.1 Å². The van der Waals surface area contributed by atoms with E-state index in [0.29, 0.717) is 68.2 Å². The molecule has 15 heteroatoms. The summed E-state index contributed by atoms with van der Waals surface area (Å²) in [5.74, 6) is -0.206. The van der Waals surface area contributed by atoms with E-state index in [4.69, 9.17) is 9.72 Å². The monoisotopic (exact) mass is 760 g/mol. The molecular formula is C41H45FN10O4. The number of benzene rings is 2. The van der Waals surface area contributed by atoms with Crippen molar-refractivity contribution in [2.24, 2.45) is 0 Å². The zero-order valence-electron chi connectivity index (χ0n) is 31.4. The zero-order chi connectivity index (χ0) is 38.3. The molecule has 0 bridgehead atoms. The number of fused-ring (bicyclic) bond motifs is 2. The number of piperidine rings is 1. The minimum atomic E-state index is -0.446. The van der Waals surface area contributed by atoms with Crippen LogP contribution in [0.15, 0.2) is 54.9 Å². The fourth-order valence-electron chi connectivity index (χ4n) is 8.43. The van der Waals surface area contributed by atoms with Crippen molar-refractivity contribution >= 4 is 46.4 Å². The highest BCUT2D eigenvalue weighted by Crippen LogP contribution is 2.36. The van der Waals surface area contributed by atoms with Gasteiger partial charge < -0.3 is 30.1 Å². The Hall–Kier alpha value is -5.83. The number of hydrogen-bond acceptors (Lipinski definition) is 12. The predicted molar refractivity (Wildman–Crippen MR) is 209 cm³/mol. The third-order valence-electron chi connectivity index (χ3n) is 11.8. The number of hydrogen-bond donors (Lipinski definition) is 3. The summed E-state index contributed by atoms with van der Waals surface area (Å²) < 4.78 is 21.1. The van der Waals surface area contributed by atoms with E-state index in [9.17, 15) is 14.4 Å². The third kappa shape index (κ3) is 7.18. The molecular weight excluding hydrogens is 716 g/mol. The van der Waals surface area contributed by atoms with Crippen molar-refractivity contribution in [2.45, 2.75) is 51.1 Å². The smallest absolute Gasteiger partial charge is 0.237 e. The molecule has 7 heterocycles. The summed E-state index contributed by atoms with van der Waals surface area (Å²) >= 11 is 0. The van der Waals surface area contributed by atoms with Crippen molar-refractivity contribution in [1.82, 2.24) is 30.1 Å². The number of amides is 3. The Kier molecular flexibility index (Phi) is 9.61. The fraction of sp³-hybridized carbons (Fsp3) is 0.415. The molecule has 3 fully saturated rings. The van der Waals surface area contributed by atoms with Crippen LogP contribution in [0.2, 0.25) is 0 Å². The number of imide groups is 1. The molecule has 56 heavy (non-hydrogen) atoms. The molecule has 0 unspecified atom stereocenters. The summed E-state index contributed by atoms with van der Waals surface area (Å²) in [7, 11) is 0. The van der Waals surface area contributed by atoms with Gasteiger partial charge in [0.15, 0.2) is 0 Å². The van der Waals surface area contributed by atoms with Crippen LogP contribution in [-0.4, -0.2) is 107 Å². The molecule has 2 aromatic carbocycles. The van der Waals surface area contributed by atoms with Gasteiger partial charge in [0.2, 0.25) is 29.5 Å². The lowest BCUT2D eigenvalue weighted by molar-refractivity contribution is -0.134. The highest BCUT2D eigenvalue weighted by atomic mass is 19.1. The Bertz CT molecular complexity index is 2170. The molecule has 3 N–H and O–H groups in total. The van der Waals surface area contributed by atoms with Crippen molar-refractivity contribution in [3.05, 3.63) is 88.6 Å². The van der Waals surface area contributed by atoms with Gasteiger partial charge in [0.25, 0.3) is 0 Å². The number of carbonyl (C=O) groups is 3. The van der Waals surface area contributed by atoms with Crippen molar-refractivity contribution in [2.75, 3.05) is 79.4 Å². The van der Waals surface area contributed by atoms with Crippen molar-refractivity contribution in [3.63, 3.8) is 0 Å². The summed E-state index contributed by atoms with van der Waals surface area (Å²) in [6.45, 7) is 9.41. The van der Waals surface area contributed by atoms with Gasteiger partial charge in [-0.1, -0.05) is 18.2 Å². The fourth-order valence-corrected chi connectivity index (χ4v) is 8.43. The summed E-state index contributed by atoms with van der Waals surface area (Å²) in [6, 6.07) is 13.3. The maximum Gasteiger partial charge on any atom is 0.237 e. The van der Waals surface area contributed by atoms with E-state index in [2.05, 4.69) is 47.5 Å². The first-order chi connectivity index (χ1) is 27.3. The Morgan fingerprint density at radius 2 is 1.80 bits per heavy atom. The topological polar surface area (TPSA) is 148 Å². The summed E-state index contributed by atoms with van der Waals surface area (Å²) in [5, 5.41) is 9.00. The number of nitrogens with zero attached hydrogens (tertiary/aromatic N) is 7. The van der Waals surface area contributed by atoms with Gasteiger partial charge in [0, 0.05) is 88.0 Å². The van der Waals surface area contributed by atoms with Gasteiger partial charge >= 0.3 is 0 Å². The maximum absolute atomic E-state index is 15.4. The van der Waals surface area contributed by atoms with Crippen LogP contribution in [0.3, 0.4) is 0 Å². The van der Waals surface area contributed by atoms with Gasteiger partial charge in [-0.3, -0.25) is 24.6 Å². The molecule has 5 aliphatic heterocycles. The van der Waals surface area contributed by atoms with Gasteiger partial charge in [-0.05, 0) is 60.7 Å². The Morgan fingerprint density at radius 1 is 0.982 bits per heavy atom. The molecule has 0 aliphatic carbocycles. The van der Waals surface area contributed by atoms with Crippen LogP contribution >= 0.6 is 0 Å². The average molecular weight is 761 g/mol. The predicted octanol–water partition coefficient (Wildman–Crippen LogP) is 3.53. The van der Waals surface area contributed by atoms with Crippen LogP contribution < -0.4 is 30.5 Å². The Labute approximate surface area is 324 Å². The molecule has 5 aliphatic rings. The summed E-state index contributed by atoms with van der Waals surface area (Å²) in [4.78, 5) is 59.7. The molecule has 3 saturated heterocycles. The number of halogens is 1. The SMILES string of the molecule is Cc1c(N2CCc3cnc(Nc4ccc(CC(=O)N5CCN(C6CN(c7ccc([C@H]8CCC(=O)NC8=O)cc7)C6)CC5)c(F)c4)nc3C2)cnc2c1NCCO2. The lowest BCUT2D eigenvalue weighted by atomic mass is 9.90. The maximum atomic E-state index is 15.4. The minimum Gasteiger partial charge on any atom is -0.474 e. The second kappa shape index (κ2) is 15.0. The van der Waals surface area contributed by atoms with Crippen LogP contribution in [0, 0.1) is 12.7 Å². The lowest BCUT2D eigenvalue weighted by Crippen LogP contribution is -2.63. The zero-order valence-corrected chi connectivity index (χ0v) is 31.4. The third-order valence-corrected chi connectivity index (χ3v) is 11.8. The molecule has 3 amide bonds. The normalized spacial score (nSPS) is 20.0. The quantitative estimate of drug-likeness (QED) is 0.226. The van der Waals surface area contributed by atoms with Crippen molar-refractivity contribution in [1.29, 1.82) is 0 Å². The second-order valence-corrected chi connectivity index (χ2v) is 15.2. The van der Waals surface area contributed by atoms with E-state index in [1.54, 1.807) is 12.1 Å². The number of nitrogens with one attached hydrogen (secondary N) is 3. The first kappa shape index (κ1) is 35.8. The summed E-state index contributed by atoms with van der Waals surface area (Å²) in [5.41, 5.74) is 7.98. The Balaban J connectivity index is 0.747. The molecule has 0 saturated carbocycles. The number of ether oxygens (including phenoxy) is 1. The van der Waals surface area contributed by atoms with E-state index < -0.39 is 5.82 Å². The number of aromatic nitrogens is 3. The van der Waals surface area contributed by atoms with Crippen LogP contribution in [0.5, 0.6) is 5.88 Å². The molecule has 290 valence electrons. The van der Waals surface area contributed by atoms with Crippen LogP contribution in [0.1, 0.15) is 46.7 Å². The highest BCUT2D eigenvalue weighted by Gasteiger charge is 2.35. The molecule has 14 nitrogen and oxygen atoms in total. The standard InChI is InChI=1S/C41H45FN10O4/c1-25-35(21-44-40-38(25)43-11-17-56-40)51-12-10-28-20-45-41(47-34(28)24-51)46-29-5-2-27(33(42)19-29)18-37(54)50-15-13-49(14-16-50)31-22-52(23-31)30-6-3-26(4-7-30)32-8-9-36(53)48-39(32)55/h2-7,19-21,31-32,43H,8-18,22-24H2,1H3,(H,45,46,47)(H,48,53,55)/t32-/m1/s1. The van der Waals surface area contributed by atoms with Crippen LogP contribution in [-0.2, 0) is 33.8 Å². The summed E-state index contributed by atoms with van der Waals surface area (Å²) in [6.07, 6.45) is 5.41. The van der Waals surface area contributed by atoms with Crippen molar-refractivity contribution < 1.29 is 23.5 Å². The van der Waals surface area contributed by atoms with E-state index in [1.807, 2.05) is 41.6 Å². The van der Waals surface area contributed by atoms with Gasteiger partial charge in [-0.25, -0.2) is 19.3 Å². The first-order valence-electron chi connectivity index (χ1n) is 19.5. The molecule has 2 aromatic heterocycles. The molecule has 0 radical (unpaired) electrons. The van der Waals surface area contributed by atoms with Gasteiger partial charge in [-0.2, -0.15) is 0 Å². The van der Waals surface area contributed by atoms with E-state index >= 15 is 4.39 Å². The largest absolute Gasteiger partial charge is 0.474 e. The van der Waals surface area contributed by atoms with E-state index in [-0.39, 0.29) is 30.1 Å². The second-order valence-electron chi connectivity index (χ2n) is 15.2. The highest BCUT2D eigenvalue weighted by molar-refractivity contribution is 6.01.